The normalized spacial score (nSPS) is 17.6. The van der Waals surface area contributed by atoms with Crippen LogP contribution in [0.4, 0.5) is 4.39 Å². The fourth-order valence-electron chi connectivity index (χ4n) is 8.94. The van der Waals surface area contributed by atoms with Crippen LogP contribution in [0.3, 0.4) is 0 Å². The molecular weight excluding hydrogens is 800 g/mol. The van der Waals surface area contributed by atoms with E-state index in [9.17, 15) is 38.7 Å². The van der Waals surface area contributed by atoms with E-state index in [1.807, 2.05) is 30.3 Å². The number of hydrogen-bond donors (Lipinski definition) is 5. The lowest BCUT2D eigenvalue weighted by atomic mass is 9.81. The number of rotatable bonds is 18. The van der Waals surface area contributed by atoms with Crippen LogP contribution in [0.25, 0.3) is 22.3 Å². The molecule has 0 fully saturated rings. The average molecular weight is 851 g/mol. The molecule has 1 aliphatic carbocycles. The van der Waals surface area contributed by atoms with E-state index >= 15 is 4.39 Å². The second kappa shape index (κ2) is 18.5. The van der Waals surface area contributed by atoms with Crippen LogP contribution < -0.4 is 27.2 Å². The molecule has 62 heavy (non-hydrogen) atoms. The minimum atomic E-state index is -2.01. The summed E-state index contributed by atoms with van der Waals surface area (Å²) in [5, 5.41) is 20.3. The number of aliphatic hydroxyl groups is 1. The van der Waals surface area contributed by atoms with Gasteiger partial charge in [-0.2, -0.15) is 0 Å². The first-order chi connectivity index (χ1) is 29.7. The number of aromatic nitrogens is 2. The molecule has 2 aromatic heterocycles. The summed E-state index contributed by atoms with van der Waals surface area (Å²) in [6.07, 6.45) is 3.06. The van der Waals surface area contributed by atoms with Gasteiger partial charge in [-0.05, 0) is 73.8 Å². The topological polar surface area (TPSA) is 229 Å². The summed E-state index contributed by atoms with van der Waals surface area (Å²) in [5.74, 6) is -3.64. The number of nitrogens with one attached hydrogen (secondary N) is 3. The van der Waals surface area contributed by atoms with Gasteiger partial charge in [0, 0.05) is 47.8 Å². The van der Waals surface area contributed by atoms with Gasteiger partial charge >= 0.3 is 5.97 Å². The number of fused-ring (bicyclic) bond motifs is 5. The number of nitrogens with two attached hydrogens (primary N) is 1. The van der Waals surface area contributed by atoms with Gasteiger partial charge in [0.2, 0.25) is 17.7 Å². The molecule has 0 radical (unpaired) electrons. The van der Waals surface area contributed by atoms with Gasteiger partial charge in [-0.1, -0.05) is 43.7 Å². The van der Waals surface area contributed by atoms with Crippen LogP contribution in [0.5, 0.6) is 0 Å². The molecule has 326 valence electrons. The molecule has 0 spiro atoms. The van der Waals surface area contributed by atoms with Crippen molar-refractivity contribution >= 4 is 46.2 Å². The number of ether oxygens (including phenoxy) is 1. The molecule has 4 aromatic rings. The largest absolute Gasteiger partial charge is 0.458 e. The van der Waals surface area contributed by atoms with Crippen molar-refractivity contribution in [1.82, 2.24) is 25.5 Å². The van der Waals surface area contributed by atoms with Crippen molar-refractivity contribution in [1.29, 1.82) is 0 Å². The Hall–Kier alpha value is -6.13. The zero-order valence-electron chi connectivity index (χ0n) is 34.9. The lowest BCUT2D eigenvalue weighted by Crippen LogP contribution is -2.44. The highest BCUT2D eigenvalue weighted by Gasteiger charge is 2.46. The number of halogens is 1. The molecular formula is C46H51FN6O9. The third kappa shape index (κ3) is 8.79. The van der Waals surface area contributed by atoms with E-state index in [4.69, 9.17) is 15.5 Å². The predicted octanol–water partition coefficient (Wildman–Crippen LogP) is 3.16. The van der Waals surface area contributed by atoms with Crippen molar-refractivity contribution in [2.75, 3.05) is 19.6 Å². The Kier molecular flexibility index (Phi) is 13.1. The number of ketones is 2. The van der Waals surface area contributed by atoms with Crippen molar-refractivity contribution in [2.24, 2.45) is 11.7 Å². The van der Waals surface area contributed by atoms with Gasteiger partial charge in [0.1, 0.15) is 12.4 Å². The minimum absolute atomic E-state index is 0.0111. The molecule has 0 saturated carbocycles. The Labute approximate surface area is 357 Å². The van der Waals surface area contributed by atoms with Crippen LogP contribution in [-0.2, 0) is 65.1 Å². The van der Waals surface area contributed by atoms with E-state index in [1.165, 1.54) is 10.6 Å². The fourth-order valence-corrected chi connectivity index (χ4v) is 8.94. The summed E-state index contributed by atoms with van der Waals surface area (Å²) in [6, 6.07) is 11.7. The number of carbonyl (C=O) groups excluding carboxylic acids is 6. The fraction of sp³-hybridized carbons (Fsp3) is 0.435. The number of esters is 1. The highest BCUT2D eigenvalue weighted by Crippen LogP contribution is 2.46. The molecule has 2 aliphatic heterocycles. The number of carbonyl (C=O) groups is 6. The zero-order chi connectivity index (χ0) is 44.3. The first-order valence-corrected chi connectivity index (χ1v) is 21.2. The van der Waals surface area contributed by atoms with Crippen LogP contribution >= 0.6 is 0 Å². The van der Waals surface area contributed by atoms with Crippen molar-refractivity contribution in [3.05, 3.63) is 97.6 Å². The number of unbranched alkanes of at least 4 members (excludes halogenated alkanes) is 2. The number of amides is 3. The van der Waals surface area contributed by atoms with E-state index in [0.717, 1.165) is 22.1 Å². The Morgan fingerprint density at radius 1 is 0.984 bits per heavy atom. The first kappa shape index (κ1) is 43.9. The van der Waals surface area contributed by atoms with Gasteiger partial charge in [-0.25, -0.2) is 14.2 Å². The van der Waals surface area contributed by atoms with E-state index in [1.54, 1.807) is 19.9 Å². The maximum Gasteiger partial charge on any atom is 0.343 e. The van der Waals surface area contributed by atoms with E-state index < -0.39 is 46.7 Å². The van der Waals surface area contributed by atoms with Crippen LogP contribution in [0.2, 0.25) is 0 Å². The van der Waals surface area contributed by atoms with E-state index in [0.29, 0.717) is 60.1 Å². The summed E-state index contributed by atoms with van der Waals surface area (Å²) in [6.45, 7) is 2.49. The van der Waals surface area contributed by atoms with Gasteiger partial charge in [-0.3, -0.25) is 28.8 Å². The number of nitrogens with zero attached hydrogens (tertiary/aromatic N) is 2. The maximum absolute atomic E-state index is 15.3. The first-order valence-electron chi connectivity index (χ1n) is 21.2. The molecule has 3 atom stereocenters. The highest BCUT2D eigenvalue weighted by molar-refractivity contribution is 5.94. The van der Waals surface area contributed by atoms with Crippen LogP contribution in [0.15, 0.2) is 47.3 Å². The minimum Gasteiger partial charge on any atom is -0.458 e. The molecule has 0 bridgehead atoms. The Morgan fingerprint density at radius 2 is 1.73 bits per heavy atom. The second-order valence-corrected chi connectivity index (χ2v) is 16.4. The highest BCUT2D eigenvalue weighted by atomic mass is 19.1. The number of benzene rings is 2. The molecule has 3 aliphatic rings. The Balaban J connectivity index is 0.970. The summed E-state index contributed by atoms with van der Waals surface area (Å²) in [7, 11) is 0. The van der Waals surface area contributed by atoms with Gasteiger partial charge in [0.05, 0.1) is 54.7 Å². The molecule has 16 heteroatoms. The Morgan fingerprint density at radius 3 is 2.47 bits per heavy atom. The number of pyridine rings is 2. The summed E-state index contributed by atoms with van der Waals surface area (Å²) >= 11 is 0. The van der Waals surface area contributed by atoms with Crippen LogP contribution in [0.1, 0.15) is 103 Å². The van der Waals surface area contributed by atoms with Crippen molar-refractivity contribution < 1.29 is 43.0 Å². The molecule has 6 N–H and O–H groups in total. The maximum atomic E-state index is 15.3. The molecule has 7 rings (SSSR count). The molecule has 0 saturated heterocycles. The van der Waals surface area contributed by atoms with Gasteiger partial charge in [-0.15, -0.1) is 0 Å². The van der Waals surface area contributed by atoms with Crippen molar-refractivity contribution in [3.63, 3.8) is 0 Å². The van der Waals surface area contributed by atoms with E-state index in [-0.39, 0.29) is 93.5 Å². The van der Waals surface area contributed by atoms with E-state index in [2.05, 4.69) is 16.0 Å². The predicted molar refractivity (Wildman–Crippen MR) is 225 cm³/mol. The van der Waals surface area contributed by atoms with Gasteiger partial charge < -0.3 is 36.1 Å². The number of Topliss-reactive ketones (excluding diaryl/α,β-unsaturated/α-hetero) is 2. The number of hydrogen-bond acceptors (Lipinski definition) is 11. The standard InChI is InChI=1S/C46H51FN6O9/c1-3-46(61)33-18-37-42-31(23-53(37)44(59)32(33)24-62-45(46)60)41-35(15-14-30-25(2)34(47)19-36(52-42)40(30)41)51-38(56)13-9-5-8-12-28(54)21-50-43(58)27(16-26-10-6-4-7-11-26)17-29(55)22-49-39(57)20-48/h4,6-7,10-11,18-19,27,35,61H,3,5,8-9,12-17,20-24,48H2,1-2H3,(H,49,57)(H,50,58)(H,51,56)/t27-,35+,46+/m1/s1. The van der Waals surface area contributed by atoms with Gasteiger partial charge in [0.15, 0.2) is 17.2 Å². The summed E-state index contributed by atoms with van der Waals surface area (Å²) in [4.78, 5) is 95.0. The monoisotopic (exact) mass is 850 g/mol. The quantitative estimate of drug-likeness (QED) is 0.0636. The lowest BCUT2D eigenvalue weighted by Gasteiger charge is -2.31. The molecule has 4 heterocycles. The molecule has 0 unspecified atom stereocenters. The average Bonchev–Trinajstić information content (AvgIpc) is 3.64. The smallest absolute Gasteiger partial charge is 0.343 e. The zero-order valence-corrected chi connectivity index (χ0v) is 34.9. The van der Waals surface area contributed by atoms with Crippen LogP contribution in [-0.4, -0.2) is 69.5 Å². The SMILES string of the molecule is CC[C@@]1(O)C(=O)OCc2c1cc1n(c2=O)Cc2c-1nc1cc(F)c(C)c3c1c2[C@@H](NC(=O)CCCCCC(=O)CNC(=O)[C@@H](CC(=O)CNC(=O)CN)Cc1ccccc1)CC3. The second-order valence-electron chi connectivity index (χ2n) is 16.4. The third-order valence-electron chi connectivity index (χ3n) is 12.4. The Bertz CT molecular complexity index is 2540. The third-order valence-corrected chi connectivity index (χ3v) is 12.4. The molecule has 2 aromatic carbocycles. The van der Waals surface area contributed by atoms with Gasteiger partial charge in [0.25, 0.3) is 5.56 Å². The summed E-state index contributed by atoms with van der Waals surface area (Å²) < 4.78 is 22.0. The van der Waals surface area contributed by atoms with Crippen molar-refractivity contribution in [2.45, 2.75) is 103 Å². The molecule has 3 amide bonds. The molecule has 15 nitrogen and oxygen atoms in total. The number of cyclic esters (lactones) is 1. The lowest BCUT2D eigenvalue weighted by molar-refractivity contribution is -0.172. The summed E-state index contributed by atoms with van der Waals surface area (Å²) in [5.41, 5.74) is 8.05. The number of aryl methyl sites for hydroxylation is 1. The van der Waals surface area contributed by atoms with Crippen molar-refractivity contribution in [3.8, 4) is 11.4 Å². The van der Waals surface area contributed by atoms with Crippen LogP contribution in [0, 0.1) is 18.7 Å².